The molecule has 0 spiro atoms. The Kier molecular flexibility index (Phi) is 4.27. The molecule has 0 saturated heterocycles. The average molecular weight is 276 g/mol. The van der Waals surface area contributed by atoms with Crippen LogP contribution in [0.5, 0.6) is 5.75 Å². The fraction of sp³-hybridized carbons (Fsp3) is 0.467. The number of rotatable bonds is 4. The van der Waals surface area contributed by atoms with E-state index in [1.54, 1.807) is 37.1 Å². The monoisotopic (exact) mass is 276 g/mol. The molecule has 1 atom stereocenters. The number of carbonyl (C=O) groups excluding carboxylic acids is 2. The van der Waals surface area contributed by atoms with Crippen LogP contribution in [0.2, 0.25) is 0 Å². The Hall–Kier alpha value is -2.04. The summed E-state index contributed by atoms with van der Waals surface area (Å²) in [6, 6.07) is 5.22. The van der Waals surface area contributed by atoms with Gasteiger partial charge in [0.2, 0.25) is 0 Å². The average Bonchev–Trinajstić information content (AvgIpc) is 2.44. The molecule has 5 heteroatoms. The van der Waals surface area contributed by atoms with E-state index in [1.165, 1.54) is 0 Å². The first-order valence-electron chi connectivity index (χ1n) is 6.90. The number of nitrogens with one attached hydrogen (secondary N) is 1. The molecule has 0 fully saturated rings. The van der Waals surface area contributed by atoms with Crippen LogP contribution >= 0.6 is 0 Å². The van der Waals surface area contributed by atoms with E-state index in [9.17, 15) is 9.59 Å². The van der Waals surface area contributed by atoms with Gasteiger partial charge >= 0.3 is 0 Å². The summed E-state index contributed by atoms with van der Waals surface area (Å²) in [5.41, 5.74) is 1.05. The summed E-state index contributed by atoms with van der Waals surface area (Å²) >= 11 is 0. The molecule has 1 unspecified atom stereocenters. The summed E-state index contributed by atoms with van der Waals surface area (Å²) in [6.07, 6.45) is 1.41. The van der Waals surface area contributed by atoms with Gasteiger partial charge in [-0.25, -0.2) is 0 Å². The number of benzene rings is 1. The van der Waals surface area contributed by atoms with Crippen LogP contribution in [0.15, 0.2) is 18.2 Å². The van der Waals surface area contributed by atoms with Crippen molar-refractivity contribution in [2.75, 3.05) is 18.9 Å². The fourth-order valence-corrected chi connectivity index (χ4v) is 2.10. The summed E-state index contributed by atoms with van der Waals surface area (Å²) in [7, 11) is 1.78. The smallest absolute Gasteiger partial charge is 0.265 e. The van der Waals surface area contributed by atoms with Crippen molar-refractivity contribution in [3.05, 3.63) is 23.8 Å². The molecule has 0 bridgehead atoms. The number of hydrogen-bond donors (Lipinski definition) is 1. The molecule has 0 saturated carbocycles. The highest BCUT2D eigenvalue weighted by atomic mass is 16.5. The van der Waals surface area contributed by atoms with E-state index in [-0.39, 0.29) is 11.8 Å². The lowest BCUT2D eigenvalue weighted by atomic mass is 10.1. The van der Waals surface area contributed by atoms with E-state index in [4.69, 9.17) is 4.74 Å². The molecule has 5 nitrogen and oxygen atoms in total. The van der Waals surface area contributed by atoms with Crippen LogP contribution in [-0.2, 0) is 4.79 Å². The third-order valence-electron chi connectivity index (χ3n) is 3.36. The third kappa shape index (κ3) is 2.76. The van der Waals surface area contributed by atoms with Crippen molar-refractivity contribution >= 4 is 17.5 Å². The van der Waals surface area contributed by atoms with E-state index >= 15 is 0 Å². The molecule has 1 heterocycles. The number of carbonyl (C=O) groups is 2. The number of anilines is 1. The molecule has 2 amide bonds. The number of hydrogen-bond acceptors (Lipinski definition) is 3. The Balaban J connectivity index is 2.27. The molecule has 0 aliphatic carbocycles. The molecule has 1 N–H and O–H groups in total. The quantitative estimate of drug-likeness (QED) is 0.917. The van der Waals surface area contributed by atoms with Gasteiger partial charge in [0.15, 0.2) is 11.9 Å². The normalized spacial score (nSPS) is 16.9. The first-order chi connectivity index (χ1) is 9.54. The van der Waals surface area contributed by atoms with E-state index in [0.29, 0.717) is 23.5 Å². The van der Waals surface area contributed by atoms with Crippen molar-refractivity contribution in [1.82, 2.24) is 4.90 Å². The Bertz CT molecular complexity index is 528. The maximum absolute atomic E-state index is 12.4. The van der Waals surface area contributed by atoms with Crippen LogP contribution < -0.4 is 10.1 Å². The first kappa shape index (κ1) is 14.4. The third-order valence-corrected chi connectivity index (χ3v) is 3.36. The van der Waals surface area contributed by atoms with Crippen LogP contribution in [0.3, 0.4) is 0 Å². The minimum Gasteiger partial charge on any atom is -0.478 e. The van der Waals surface area contributed by atoms with Gasteiger partial charge in [0.25, 0.3) is 11.8 Å². The molecule has 0 radical (unpaired) electrons. The summed E-state index contributed by atoms with van der Waals surface area (Å²) in [5, 5.41) is 2.75. The molecule has 0 aromatic heterocycles. The highest BCUT2D eigenvalue weighted by Crippen LogP contribution is 2.33. The summed E-state index contributed by atoms with van der Waals surface area (Å²) in [4.78, 5) is 25.7. The van der Waals surface area contributed by atoms with E-state index in [2.05, 4.69) is 12.2 Å². The van der Waals surface area contributed by atoms with Gasteiger partial charge in [0.1, 0.15) is 0 Å². The molecule has 1 aliphatic heterocycles. The van der Waals surface area contributed by atoms with Gasteiger partial charge in [-0.15, -0.1) is 0 Å². The Morgan fingerprint density at radius 3 is 2.90 bits per heavy atom. The molecule has 1 aromatic carbocycles. The minimum absolute atomic E-state index is 0.0846. The zero-order chi connectivity index (χ0) is 14.7. The summed E-state index contributed by atoms with van der Waals surface area (Å²) in [5.74, 6) is 0.188. The second kappa shape index (κ2) is 5.94. The zero-order valence-electron chi connectivity index (χ0n) is 12.1. The van der Waals surface area contributed by atoms with Crippen molar-refractivity contribution in [2.45, 2.75) is 32.8 Å². The van der Waals surface area contributed by atoms with Gasteiger partial charge < -0.3 is 15.0 Å². The SMILES string of the molecule is CCCCN(C)C(=O)c1cccc2c1OC(C)C(=O)N2. The molecule has 1 aliphatic rings. The highest BCUT2D eigenvalue weighted by Gasteiger charge is 2.28. The van der Waals surface area contributed by atoms with Gasteiger partial charge in [-0.3, -0.25) is 9.59 Å². The van der Waals surface area contributed by atoms with Gasteiger partial charge in [-0.1, -0.05) is 19.4 Å². The Morgan fingerprint density at radius 1 is 1.45 bits per heavy atom. The van der Waals surface area contributed by atoms with Crippen molar-refractivity contribution in [3.8, 4) is 5.75 Å². The highest BCUT2D eigenvalue weighted by molar-refractivity contribution is 6.03. The van der Waals surface area contributed by atoms with Gasteiger partial charge in [-0.05, 0) is 25.5 Å². The van der Waals surface area contributed by atoms with Crippen molar-refractivity contribution in [2.24, 2.45) is 0 Å². The number of ether oxygens (including phenoxy) is 1. The van der Waals surface area contributed by atoms with Crippen LogP contribution in [0.4, 0.5) is 5.69 Å². The summed E-state index contributed by atoms with van der Waals surface area (Å²) < 4.78 is 5.59. The maximum Gasteiger partial charge on any atom is 0.265 e. The second-order valence-corrected chi connectivity index (χ2v) is 5.01. The zero-order valence-corrected chi connectivity index (χ0v) is 12.1. The summed E-state index contributed by atoms with van der Waals surface area (Å²) in [6.45, 7) is 4.46. The van der Waals surface area contributed by atoms with Crippen molar-refractivity contribution < 1.29 is 14.3 Å². The van der Waals surface area contributed by atoms with Crippen molar-refractivity contribution in [3.63, 3.8) is 0 Å². The molecular weight excluding hydrogens is 256 g/mol. The lowest BCUT2D eigenvalue weighted by Crippen LogP contribution is -2.36. The number of nitrogens with zero attached hydrogens (tertiary/aromatic N) is 1. The van der Waals surface area contributed by atoms with E-state index in [1.807, 2.05) is 0 Å². The van der Waals surface area contributed by atoms with Gasteiger partial charge in [0, 0.05) is 13.6 Å². The number of para-hydroxylation sites is 1. The molecule has 1 aromatic rings. The van der Waals surface area contributed by atoms with Gasteiger partial charge in [-0.2, -0.15) is 0 Å². The van der Waals surface area contributed by atoms with Crippen molar-refractivity contribution in [1.29, 1.82) is 0 Å². The second-order valence-electron chi connectivity index (χ2n) is 5.01. The van der Waals surface area contributed by atoms with Crippen LogP contribution in [0, 0.1) is 0 Å². The molecule has 20 heavy (non-hydrogen) atoms. The van der Waals surface area contributed by atoms with Gasteiger partial charge in [0.05, 0.1) is 11.3 Å². The fourth-order valence-electron chi connectivity index (χ4n) is 2.10. The first-order valence-corrected chi connectivity index (χ1v) is 6.90. The van der Waals surface area contributed by atoms with Crippen LogP contribution in [-0.4, -0.2) is 36.4 Å². The molecule has 108 valence electrons. The predicted octanol–water partition coefficient (Wildman–Crippen LogP) is 2.28. The number of unbranched alkanes of at least 4 members (excludes halogenated alkanes) is 1. The maximum atomic E-state index is 12.4. The topological polar surface area (TPSA) is 58.6 Å². The lowest BCUT2D eigenvalue weighted by Gasteiger charge is -2.26. The van der Waals surface area contributed by atoms with Crippen LogP contribution in [0.25, 0.3) is 0 Å². The standard InChI is InChI=1S/C15H20N2O3/c1-4-5-9-17(3)15(19)11-7-6-8-12-13(11)20-10(2)14(18)16-12/h6-8,10H,4-5,9H2,1-3H3,(H,16,18). The van der Waals surface area contributed by atoms with E-state index < -0.39 is 6.10 Å². The Labute approximate surface area is 118 Å². The van der Waals surface area contributed by atoms with Crippen LogP contribution in [0.1, 0.15) is 37.0 Å². The molecule has 2 rings (SSSR count). The lowest BCUT2D eigenvalue weighted by molar-refractivity contribution is -0.122. The Morgan fingerprint density at radius 2 is 2.20 bits per heavy atom. The number of fused-ring (bicyclic) bond motifs is 1. The molecular formula is C15H20N2O3. The minimum atomic E-state index is -0.586. The predicted molar refractivity (Wildman–Crippen MR) is 77.0 cm³/mol. The largest absolute Gasteiger partial charge is 0.478 e. The van der Waals surface area contributed by atoms with E-state index in [0.717, 1.165) is 12.8 Å². The number of amides is 2.